The van der Waals surface area contributed by atoms with E-state index in [1.165, 1.54) is 23.9 Å². The van der Waals surface area contributed by atoms with Crippen LogP contribution in [0.15, 0.2) is 48.4 Å². The molecule has 7 rings (SSSR count). The number of allylic oxidation sites excluding steroid dienone is 1. The Kier molecular flexibility index (Phi) is 7.09. The van der Waals surface area contributed by atoms with Crippen molar-refractivity contribution < 1.29 is 23.8 Å². The lowest BCUT2D eigenvalue weighted by molar-refractivity contribution is -0.174. The first-order chi connectivity index (χ1) is 21.5. The summed E-state index contributed by atoms with van der Waals surface area (Å²) in [5.74, 6) is -0.823. The molecule has 3 fully saturated rings. The van der Waals surface area contributed by atoms with Gasteiger partial charge in [0, 0.05) is 24.9 Å². The van der Waals surface area contributed by atoms with Gasteiger partial charge in [0.2, 0.25) is 10.9 Å². The van der Waals surface area contributed by atoms with Crippen LogP contribution in [0, 0.1) is 45.7 Å². The van der Waals surface area contributed by atoms with E-state index in [1.807, 2.05) is 23.9 Å². The lowest BCUT2D eigenvalue weighted by atomic mass is 9.45. The van der Waals surface area contributed by atoms with Crippen molar-refractivity contribution >= 4 is 28.9 Å². The number of hydrogen-bond acceptors (Lipinski definition) is 8. The van der Waals surface area contributed by atoms with Gasteiger partial charge in [-0.3, -0.25) is 4.79 Å². The number of aliphatic hydroxyl groups excluding tert-OH is 1. The third-order valence-corrected chi connectivity index (χ3v) is 12.4. The van der Waals surface area contributed by atoms with Crippen LogP contribution in [0.1, 0.15) is 67.8 Å². The molecular formula is C34H36FN5O4S. The Bertz CT molecular complexity index is 1760. The molecule has 0 radical (unpaired) electrons. The van der Waals surface area contributed by atoms with E-state index in [-0.39, 0.29) is 45.7 Å². The molecule has 1 aromatic carbocycles. The number of ether oxygens (including phenoxy) is 1. The third-order valence-electron chi connectivity index (χ3n) is 11.5. The van der Waals surface area contributed by atoms with Gasteiger partial charge in [-0.25, -0.2) is 18.9 Å². The summed E-state index contributed by atoms with van der Waals surface area (Å²) in [5.41, 5.74) is 1.51. The van der Waals surface area contributed by atoms with Crippen molar-refractivity contribution in [1.29, 1.82) is 5.26 Å². The van der Waals surface area contributed by atoms with Crippen molar-refractivity contribution in [2.45, 2.75) is 64.1 Å². The van der Waals surface area contributed by atoms with Crippen molar-refractivity contribution in [1.82, 2.24) is 19.3 Å². The summed E-state index contributed by atoms with van der Waals surface area (Å²) in [7, 11) is 1.70. The highest BCUT2D eigenvalue weighted by atomic mass is 32.2. The van der Waals surface area contributed by atoms with E-state index in [0.717, 1.165) is 41.5 Å². The normalized spacial score (nSPS) is 33.2. The van der Waals surface area contributed by atoms with E-state index in [9.17, 15) is 24.3 Å². The number of nitriles is 1. The van der Waals surface area contributed by atoms with Gasteiger partial charge in [-0.05, 0) is 97.6 Å². The number of aryl methyl sites for hydroxylation is 1. The number of carbonyl (C=O) groups excluding carboxylic acids is 2. The fraction of sp³-hybridized carbons (Fsp3) is 0.500. The molecule has 0 aliphatic heterocycles. The zero-order chi connectivity index (χ0) is 31.7. The van der Waals surface area contributed by atoms with Crippen molar-refractivity contribution in [3.63, 3.8) is 0 Å². The molecule has 2 heterocycles. The number of hydrogen-bond donors (Lipinski definition) is 1. The smallest absolute Gasteiger partial charge is 0.375 e. The zero-order valence-electron chi connectivity index (χ0n) is 25.6. The molecule has 0 amide bonds. The number of esters is 1. The number of thioether (sulfide) groups is 1. The van der Waals surface area contributed by atoms with E-state index in [2.05, 4.69) is 23.1 Å². The van der Waals surface area contributed by atoms with Crippen LogP contribution in [0.5, 0.6) is 0 Å². The predicted octanol–water partition coefficient (Wildman–Crippen LogP) is 5.28. The first-order valence-corrected chi connectivity index (χ1v) is 16.5. The maximum atomic E-state index is 14.0. The summed E-state index contributed by atoms with van der Waals surface area (Å²) in [6, 6.07) is 8.35. The molecule has 3 aromatic rings. The number of nitrogens with zero attached hydrogens (tertiary/aromatic N) is 5. The second-order valence-electron chi connectivity index (χ2n) is 13.6. The Morgan fingerprint density at radius 2 is 2.02 bits per heavy atom. The minimum Gasteiger partial charge on any atom is -0.444 e. The molecule has 4 aliphatic rings. The molecule has 11 heteroatoms. The van der Waals surface area contributed by atoms with Crippen LogP contribution in [0.3, 0.4) is 0 Å². The Hall–Kier alpha value is -3.75. The topological polar surface area (TPSA) is 123 Å². The van der Waals surface area contributed by atoms with Gasteiger partial charge in [-0.2, -0.15) is 10.4 Å². The van der Waals surface area contributed by atoms with Crippen molar-refractivity contribution in [3.05, 3.63) is 71.3 Å². The lowest BCUT2D eigenvalue weighted by Gasteiger charge is -2.60. The van der Waals surface area contributed by atoms with Gasteiger partial charge in [0.25, 0.3) is 0 Å². The van der Waals surface area contributed by atoms with E-state index >= 15 is 0 Å². The molecule has 0 saturated heterocycles. The number of aliphatic hydroxyl groups is 1. The second kappa shape index (κ2) is 10.7. The number of imidazole rings is 1. The number of aromatic nitrogens is 4. The zero-order valence-corrected chi connectivity index (χ0v) is 26.4. The molecule has 4 aliphatic carbocycles. The minimum atomic E-state index is -1.48. The maximum absolute atomic E-state index is 14.0. The lowest BCUT2D eigenvalue weighted by Crippen LogP contribution is -2.62. The highest BCUT2D eigenvalue weighted by molar-refractivity contribution is 8.14. The summed E-state index contributed by atoms with van der Waals surface area (Å²) >= 11 is 0.887. The molecular weight excluding hydrogens is 593 g/mol. The molecule has 2 aromatic heterocycles. The summed E-state index contributed by atoms with van der Waals surface area (Å²) < 4.78 is 23.3. The summed E-state index contributed by atoms with van der Waals surface area (Å²) in [5, 5.41) is 25.7. The van der Waals surface area contributed by atoms with E-state index in [4.69, 9.17) is 4.74 Å². The molecule has 9 nitrogen and oxygen atoms in total. The summed E-state index contributed by atoms with van der Waals surface area (Å²) in [6.45, 7) is 4.25. The van der Waals surface area contributed by atoms with Gasteiger partial charge in [0.05, 0.1) is 35.5 Å². The van der Waals surface area contributed by atoms with Gasteiger partial charge in [0.1, 0.15) is 5.82 Å². The standard InChI is InChI=1S/C34H36FN5O4S/c1-32-17-20-19-38-40(23-7-5-22(35)6-8-23)26(20)16-21(32)4-9-24-25-10-11-34(31(43)45-15-12-36,33(25,2)18-27(41)28(24)32)44-30(42)29-37-13-14-39(29)3/h5-8,13-14,16,19,24-25,27-28,41H,4,9-11,15,17-18H2,1-3H3/t24-,25-,27-,28+,32-,33-,34-/m0/s1. The maximum Gasteiger partial charge on any atom is 0.375 e. The molecule has 1 N–H and O–H groups in total. The molecule has 0 unspecified atom stereocenters. The van der Waals surface area contributed by atoms with E-state index < -0.39 is 23.1 Å². The van der Waals surface area contributed by atoms with Crippen LogP contribution in [0.4, 0.5) is 4.39 Å². The number of halogens is 1. The molecule has 0 bridgehead atoms. The first-order valence-electron chi connectivity index (χ1n) is 15.5. The number of fused-ring (bicyclic) bond motifs is 6. The second-order valence-corrected chi connectivity index (χ2v) is 14.5. The molecule has 234 valence electrons. The monoisotopic (exact) mass is 629 g/mol. The molecule has 7 atom stereocenters. The first kappa shape index (κ1) is 29.9. The van der Waals surface area contributed by atoms with Crippen LogP contribution in [-0.4, -0.2) is 53.0 Å². The van der Waals surface area contributed by atoms with Crippen molar-refractivity contribution in [2.75, 3.05) is 5.75 Å². The van der Waals surface area contributed by atoms with Gasteiger partial charge in [-0.1, -0.05) is 31.2 Å². The Morgan fingerprint density at radius 1 is 1.24 bits per heavy atom. The number of rotatable bonds is 5. The quantitative estimate of drug-likeness (QED) is 0.379. The van der Waals surface area contributed by atoms with Crippen LogP contribution in [0.2, 0.25) is 0 Å². The SMILES string of the molecule is Cn1ccnc1C(=O)O[C@]1(C(=O)SCC#N)CC[C@H]2[C@@H]3CCC4=Cc5c(cnn5-c5ccc(F)cc5)C[C@]4(C)[C@H]3[C@@H](O)C[C@@]21C. The largest absolute Gasteiger partial charge is 0.444 e. The van der Waals surface area contributed by atoms with Crippen molar-refractivity contribution in [2.24, 2.45) is 35.6 Å². The number of benzene rings is 1. The number of carbonyl (C=O) groups is 2. The fourth-order valence-corrected chi connectivity index (χ4v) is 10.3. The third kappa shape index (κ3) is 4.36. The average Bonchev–Trinajstić information content (AvgIpc) is 3.70. The van der Waals surface area contributed by atoms with Crippen LogP contribution in [0.25, 0.3) is 11.8 Å². The van der Waals surface area contributed by atoms with Crippen molar-refractivity contribution in [3.8, 4) is 11.8 Å². The van der Waals surface area contributed by atoms with Gasteiger partial charge < -0.3 is 14.4 Å². The molecule has 3 saturated carbocycles. The van der Waals surface area contributed by atoms with Gasteiger partial charge in [0.15, 0.2) is 5.60 Å². The Labute approximate surface area is 265 Å². The fourth-order valence-electron chi connectivity index (χ4n) is 9.49. The summed E-state index contributed by atoms with van der Waals surface area (Å²) in [6.07, 6.45) is 10.2. The van der Waals surface area contributed by atoms with Crippen LogP contribution >= 0.6 is 11.8 Å². The molecule has 0 spiro atoms. The highest BCUT2D eigenvalue weighted by Gasteiger charge is 2.70. The molecule has 45 heavy (non-hydrogen) atoms. The average molecular weight is 630 g/mol. The summed E-state index contributed by atoms with van der Waals surface area (Å²) in [4.78, 5) is 31.6. The highest BCUT2D eigenvalue weighted by Crippen LogP contribution is 2.69. The van der Waals surface area contributed by atoms with Crippen LogP contribution < -0.4 is 0 Å². The van der Waals surface area contributed by atoms with Gasteiger partial charge >= 0.3 is 5.97 Å². The van der Waals surface area contributed by atoms with E-state index in [0.29, 0.717) is 25.7 Å². The minimum absolute atomic E-state index is 0.0356. The van der Waals surface area contributed by atoms with Gasteiger partial charge in [-0.15, -0.1) is 0 Å². The Morgan fingerprint density at radius 3 is 2.73 bits per heavy atom. The Balaban J connectivity index is 1.23. The van der Waals surface area contributed by atoms with E-state index in [1.54, 1.807) is 29.9 Å². The van der Waals surface area contributed by atoms with Crippen LogP contribution in [-0.2, 0) is 23.0 Å². The predicted molar refractivity (Wildman–Crippen MR) is 165 cm³/mol.